The Morgan fingerprint density at radius 2 is 1.91 bits per heavy atom. The molecule has 0 unspecified atom stereocenters. The van der Waals surface area contributed by atoms with E-state index in [0.717, 1.165) is 24.8 Å². The van der Waals surface area contributed by atoms with Gasteiger partial charge in [-0.05, 0) is 49.5 Å². The number of carbonyl (C=O) groups excluding carboxylic acids is 1. The van der Waals surface area contributed by atoms with Gasteiger partial charge < -0.3 is 24.3 Å². The summed E-state index contributed by atoms with van der Waals surface area (Å²) in [7, 11) is 2.03. The summed E-state index contributed by atoms with van der Waals surface area (Å²) in [6, 6.07) is 12.1. The highest BCUT2D eigenvalue weighted by molar-refractivity contribution is 6.38. The van der Waals surface area contributed by atoms with Crippen LogP contribution in [0.15, 0.2) is 54.9 Å². The van der Waals surface area contributed by atoms with E-state index in [1.807, 2.05) is 36.2 Å². The first-order chi connectivity index (χ1) is 21.7. The SMILES string of the molecule is [C-]#[N+]C[C@H]1CN(c2nc(OC[C@@H]3CCCN3C)nc3c(F)c(-c4cccc5cccc(Cl)c45)c(Cl)cc23)CCN1C(=O)C(=C)F. The average Bonchev–Trinajstić information content (AvgIpc) is 3.44. The summed E-state index contributed by atoms with van der Waals surface area (Å²) in [6.07, 6.45) is 2.01. The van der Waals surface area contributed by atoms with Crippen molar-refractivity contribution in [2.24, 2.45) is 0 Å². The minimum absolute atomic E-state index is 0.00158. The van der Waals surface area contributed by atoms with E-state index in [1.54, 1.807) is 18.2 Å². The number of anilines is 1. The van der Waals surface area contributed by atoms with Crippen LogP contribution in [0.1, 0.15) is 12.8 Å². The molecule has 1 amide bonds. The van der Waals surface area contributed by atoms with Crippen LogP contribution in [0.2, 0.25) is 10.0 Å². The summed E-state index contributed by atoms with van der Waals surface area (Å²) < 4.78 is 36.7. The molecular weight excluding hydrogens is 621 g/mol. The molecule has 8 nitrogen and oxygen atoms in total. The zero-order valence-electron chi connectivity index (χ0n) is 24.6. The predicted octanol–water partition coefficient (Wildman–Crippen LogP) is 6.79. The molecule has 4 aromatic rings. The molecule has 0 saturated carbocycles. The maximum atomic E-state index is 16.8. The van der Waals surface area contributed by atoms with Gasteiger partial charge in [0.25, 0.3) is 5.91 Å². The minimum Gasteiger partial charge on any atom is -0.462 e. The van der Waals surface area contributed by atoms with Gasteiger partial charge in [-0.25, -0.2) is 15.4 Å². The fourth-order valence-electron chi connectivity index (χ4n) is 6.31. The zero-order chi connectivity index (χ0) is 31.8. The Balaban J connectivity index is 1.49. The highest BCUT2D eigenvalue weighted by Crippen LogP contribution is 2.43. The summed E-state index contributed by atoms with van der Waals surface area (Å²) in [4.78, 5) is 30.6. The number of likely N-dealkylation sites (N-methyl/N-ethyl adjacent to an activating group) is 1. The third kappa shape index (κ3) is 5.88. The van der Waals surface area contributed by atoms with Gasteiger partial charge in [0.2, 0.25) is 6.54 Å². The van der Waals surface area contributed by atoms with Crippen LogP contribution in [0.5, 0.6) is 6.01 Å². The van der Waals surface area contributed by atoms with Crippen molar-refractivity contribution in [2.75, 3.05) is 51.3 Å². The molecule has 2 fully saturated rings. The van der Waals surface area contributed by atoms with Gasteiger partial charge in [0, 0.05) is 47.0 Å². The monoisotopic (exact) mass is 650 g/mol. The second kappa shape index (κ2) is 12.8. The molecule has 2 aliphatic rings. The quantitative estimate of drug-likeness (QED) is 0.162. The third-order valence-electron chi connectivity index (χ3n) is 8.62. The Kier molecular flexibility index (Phi) is 8.78. The van der Waals surface area contributed by atoms with Crippen LogP contribution in [-0.4, -0.2) is 84.1 Å². The fraction of sp³-hybridized carbons (Fsp3) is 0.333. The maximum Gasteiger partial charge on any atom is 0.319 e. The molecule has 45 heavy (non-hydrogen) atoms. The number of piperazine rings is 1. The van der Waals surface area contributed by atoms with Gasteiger partial charge in [0.1, 0.15) is 24.0 Å². The Hall–Kier alpha value is -4.04. The lowest BCUT2D eigenvalue weighted by atomic mass is 9.96. The number of hydrogen-bond acceptors (Lipinski definition) is 6. The van der Waals surface area contributed by atoms with Crippen molar-refractivity contribution in [3.05, 3.63) is 82.2 Å². The Morgan fingerprint density at radius 1 is 1.13 bits per heavy atom. The van der Waals surface area contributed by atoms with Gasteiger partial charge in [0.05, 0.1) is 5.02 Å². The van der Waals surface area contributed by atoms with E-state index in [4.69, 9.17) is 39.5 Å². The lowest BCUT2D eigenvalue weighted by Crippen LogP contribution is -2.56. The zero-order valence-corrected chi connectivity index (χ0v) is 26.1. The normalized spacial score (nSPS) is 18.8. The van der Waals surface area contributed by atoms with Crippen molar-refractivity contribution in [1.82, 2.24) is 19.8 Å². The van der Waals surface area contributed by atoms with Crippen molar-refractivity contribution in [2.45, 2.75) is 24.9 Å². The summed E-state index contributed by atoms with van der Waals surface area (Å²) in [5.74, 6) is -2.25. The molecule has 3 heterocycles. The molecule has 0 bridgehead atoms. The average molecular weight is 652 g/mol. The van der Waals surface area contributed by atoms with Crippen LogP contribution in [-0.2, 0) is 4.79 Å². The molecule has 0 N–H and O–H groups in total. The standard InChI is InChI=1S/C33H30Cl2F2N6O2/c1-19(36)32(44)43-14-13-42(17-22(43)16-38-2)31-24-15-26(35)28(23-10-4-7-20-8-5-11-25(34)27(20)23)29(37)30(24)39-33(40-31)45-18-21-9-6-12-41(21)3/h4-5,7-8,10-11,15,21-22H,1,6,9,12-14,16-18H2,3H3/t21-,22-/m0/s1. The Labute approximate surface area is 269 Å². The van der Waals surface area contributed by atoms with Crippen LogP contribution >= 0.6 is 23.2 Å². The lowest BCUT2D eigenvalue weighted by Gasteiger charge is -2.39. The van der Waals surface area contributed by atoms with E-state index in [1.165, 1.54) is 4.90 Å². The first-order valence-electron chi connectivity index (χ1n) is 14.6. The number of carbonyl (C=O) groups is 1. The number of rotatable bonds is 7. The van der Waals surface area contributed by atoms with E-state index in [9.17, 15) is 9.18 Å². The summed E-state index contributed by atoms with van der Waals surface area (Å²) in [6.45, 7) is 12.3. The molecule has 0 spiro atoms. The Morgan fingerprint density at radius 3 is 2.62 bits per heavy atom. The summed E-state index contributed by atoms with van der Waals surface area (Å²) in [5, 5.41) is 2.43. The highest BCUT2D eigenvalue weighted by Gasteiger charge is 2.35. The van der Waals surface area contributed by atoms with Gasteiger partial charge in [0.15, 0.2) is 11.6 Å². The van der Waals surface area contributed by atoms with Crippen molar-refractivity contribution < 1.29 is 18.3 Å². The van der Waals surface area contributed by atoms with Crippen LogP contribution in [0.4, 0.5) is 14.6 Å². The first-order valence-corrected chi connectivity index (χ1v) is 15.4. The first kappa shape index (κ1) is 31.0. The molecule has 232 valence electrons. The van der Waals surface area contributed by atoms with Crippen LogP contribution in [0.3, 0.4) is 0 Å². The second-order valence-electron chi connectivity index (χ2n) is 11.3. The van der Waals surface area contributed by atoms with Gasteiger partial charge in [-0.3, -0.25) is 4.79 Å². The second-order valence-corrected chi connectivity index (χ2v) is 12.2. The molecule has 2 saturated heterocycles. The number of benzene rings is 3. The van der Waals surface area contributed by atoms with E-state index in [0.29, 0.717) is 33.8 Å². The van der Waals surface area contributed by atoms with Gasteiger partial charge in [-0.1, -0.05) is 60.1 Å². The molecule has 2 atom stereocenters. The molecule has 3 aromatic carbocycles. The lowest BCUT2D eigenvalue weighted by molar-refractivity contribution is -0.131. The van der Waals surface area contributed by atoms with E-state index in [2.05, 4.69) is 21.3 Å². The number of halogens is 4. The number of aromatic nitrogens is 2. The van der Waals surface area contributed by atoms with Crippen molar-refractivity contribution in [1.29, 1.82) is 0 Å². The molecule has 1 aromatic heterocycles. The number of fused-ring (bicyclic) bond motifs is 2. The van der Waals surface area contributed by atoms with E-state index in [-0.39, 0.29) is 54.3 Å². The summed E-state index contributed by atoms with van der Waals surface area (Å²) in [5.41, 5.74) is 0.681. The van der Waals surface area contributed by atoms with Crippen molar-refractivity contribution in [3.8, 4) is 17.1 Å². The molecule has 0 radical (unpaired) electrons. The molecule has 0 aliphatic carbocycles. The fourth-order valence-corrected chi connectivity index (χ4v) is 6.89. The number of ether oxygens (including phenoxy) is 1. The van der Waals surface area contributed by atoms with Crippen LogP contribution < -0.4 is 9.64 Å². The minimum atomic E-state index is -1.09. The van der Waals surface area contributed by atoms with Crippen molar-refractivity contribution in [3.63, 3.8) is 0 Å². The van der Waals surface area contributed by atoms with Crippen LogP contribution in [0.25, 0.3) is 37.6 Å². The smallest absolute Gasteiger partial charge is 0.319 e. The predicted molar refractivity (Wildman–Crippen MR) is 173 cm³/mol. The molecule has 6 rings (SSSR count). The number of hydrogen-bond donors (Lipinski definition) is 0. The van der Waals surface area contributed by atoms with Gasteiger partial charge >= 0.3 is 6.01 Å². The van der Waals surface area contributed by atoms with Crippen LogP contribution in [0, 0.1) is 12.4 Å². The molecule has 2 aliphatic heterocycles. The van der Waals surface area contributed by atoms with E-state index >= 15 is 4.39 Å². The molecular formula is C33H30Cl2F2N6O2. The van der Waals surface area contributed by atoms with Gasteiger partial charge in [-0.15, -0.1) is 0 Å². The topological polar surface area (TPSA) is 66.2 Å². The number of amides is 1. The van der Waals surface area contributed by atoms with E-state index < -0.39 is 23.6 Å². The van der Waals surface area contributed by atoms with Crippen molar-refractivity contribution >= 4 is 56.6 Å². The number of likely N-dealkylation sites (tertiary alicyclic amines) is 1. The maximum absolute atomic E-state index is 16.8. The molecule has 12 heteroatoms. The largest absolute Gasteiger partial charge is 0.462 e. The highest BCUT2D eigenvalue weighted by atomic mass is 35.5. The Bertz CT molecular complexity index is 1860. The third-order valence-corrected chi connectivity index (χ3v) is 9.23. The summed E-state index contributed by atoms with van der Waals surface area (Å²) >= 11 is 13.4. The number of nitrogens with zero attached hydrogens (tertiary/aromatic N) is 6. The van der Waals surface area contributed by atoms with Gasteiger partial charge in [-0.2, -0.15) is 9.97 Å².